The van der Waals surface area contributed by atoms with Gasteiger partial charge in [-0.3, -0.25) is 5.32 Å². The fourth-order valence-corrected chi connectivity index (χ4v) is 2.66. The van der Waals surface area contributed by atoms with Gasteiger partial charge in [0, 0.05) is 12.1 Å². The van der Waals surface area contributed by atoms with Crippen molar-refractivity contribution in [3.8, 4) is 0 Å². The summed E-state index contributed by atoms with van der Waals surface area (Å²) in [5.74, 6) is 0.0436. The third-order valence-corrected chi connectivity index (χ3v) is 4.30. The number of hydrogen-bond acceptors (Lipinski definition) is 5. The summed E-state index contributed by atoms with van der Waals surface area (Å²) in [5, 5.41) is 2.52. The molecule has 0 unspecified atom stereocenters. The maximum atomic E-state index is 12.3. The Morgan fingerprint density at radius 3 is 1.94 bits per heavy atom. The quantitative estimate of drug-likeness (QED) is 0.463. The van der Waals surface area contributed by atoms with Crippen LogP contribution < -0.4 is 11.1 Å². The lowest BCUT2D eigenvalue weighted by Gasteiger charge is -2.10. The van der Waals surface area contributed by atoms with Crippen molar-refractivity contribution < 1.29 is 19.1 Å². The molecule has 0 aliphatic carbocycles. The first-order valence-electron chi connectivity index (χ1n) is 9.70. The second kappa shape index (κ2) is 11.3. The number of nitrogens with two attached hydrogens (primary N) is 1. The molecular weight excluding hydrogens is 394 g/mol. The van der Waals surface area contributed by atoms with Crippen molar-refractivity contribution >= 4 is 18.0 Å². The van der Waals surface area contributed by atoms with Crippen molar-refractivity contribution in [1.82, 2.24) is 5.32 Å². The fraction of sp³-hybridized carbons (Fsp3) is 0.125. The van der Waals surface area contributed by atoms with Crippen LogP contribution in [0, 0.1) is 0 Å². The molecule has 158 valence electrons. The van der Waals surface area contributed by atoms with Crippen LogP contribution in [0.25, 0.3) is 0 Å². The molecule has 2 amide bonds. The van der Waals surface area contributed by atoms with Crippen LogP contribution in [0.1, 0.15) is 22.3 Å². The first-order valence-corrected chi connectivity index (χ1v) is 9.70. The maximum absolute atomic E-state index is 12.3. The lowest BCUT2D eigenvalue weighted by Crippen LogP contribution is -2.32. The molecule has 3 rings (SSSR count). The molecule has 0 saturated carbocycles. The highest BCUT2D eigenvalue weighted by Gasteiger charge is 2.13. The van der Waals surface area contributed by atoms with E-state index in [1.165, 1.54) is 0 Å². The minimum atomic E-state index is -0.819. The molecule has 0 aromatic heterocycles. The van der Waals surface area contributed by atoms with Crippen LogP contribution in [0.4, 0.5) is 9.59 Å². The molecule has 0 fully saturated rings. The number of benzene rings is 3. The van der Waals surface area contributed by atoms with Gasteiger partial charge in [-0.2, -0.15) is 4.99 Å². The highest BCUT2D eigenvalue weighted by atomic mass is 16.6. The molecular formula is C24H23N3O4. The van der Waals surface area contributed by atoms with Gasteiger partial charge in [-0.05, 0) is 16.7 Å². The van der Waals surface area contributed by atoms with E-state index >= 15 is 0 Å². The average Bonchev–Trinajstić information content (AvgIpc) is 2.82. The maximum Gasteiger partial charge on any atom is 0.435 e. The summed E-state index contributed by atoms with van der Waals surface area (Å²) in [7, 11) is 0. The molecule has 0 atom stereocenters. The summed E-state index contributed by atoms with van der Waals surface area (Å²) in [5.41, 5.74) is 8.76. The first kappa shape index (κ1) is 21.7. The Bertz CT molecular complexity index is 1020. The molecule has 0 saturated heterocycles. The summed E-state index contributed by atoms with van der Waals surface area (Å²) in [6.07, 6.45) is -1.55. The molecule has 7 heteroatoms. The zero-order valence-corrected chi connectivity index (χ0v) is 16.9. The van der Waals surface area contributed by atoms with Gasteiger partial charge in [-0.15, -0.1) is 0 Å². The van der Waals surface area contributed by atoms with Crippen LogP contribution in [0.3, 0.4) is 0 Å². The number of rotatable bonds is 6. The number of ether oxygens (including phenoxy) is 2. The Labute approximate surface area is 180 Å². The van der Waals surface area contributed by atoms with Crippen molar-refractivity contribution in [1.29, 1.82) is 0 Å². The van der Waals surface area contributed by atoms with Gasteiger partial charge in [0.05, 0.1) is 0 Å². The molecule has 0 heterocycles. The molecule has 31 heavy (non-hydrogen) atoms. The normalized spacial score (nSPS) is 10.9. The Kier molecular flexibility index (Phi) is 7.90. The average molecular weight is 417 g/mol. The lowest BCUT2D eigenvalue weighted by molar-refractivity contribution is 0.144. The fourth-order valence-electron chi connectivity index (χ4n) is 2.66. The second-order valence-corrected chi connectivity index (χ2v) is 6.59. The lowest BCUT2D eigenvalue weighted by atomic mass is 10.1. The van der Waals surface area contributed by atoms with Crippen LogP contribution in [0.5, 0.6) is 0 Å². The molecule has 0 spiro atoms. The van der Waals surface area contributed by atoms with Gasteiger partial charge in [0.2, 0.25) is 0 Å². The monoisotopic (exact) mass is 417 g/mol. The molecule has 0 radical (unpaired) electrons. The van der Waals surface area contributed by atoms with Gasteiger partial charge in [0.15, 0.2) is 0 Å². The zero-order chi connectivity index (χ0) is 21.9. The van der Waals surface area contributed by atoms with E-state index in [1.54, 1.807) is 24.3 Å². The number of hydrogen-bond donors (Lipinski definition) is 2. The number of nitrogens with one attached hydrogen (secondary N) is 1. The second-order valence-electron chi connectivity index (χ2n) is 6.59. The highest BCUT2D eigenvalue weighted by molar-refractivity contribution is 6.09. The van der Waals surface area contributed by atoms with Crippen molar-refractivity contribution in [3.05, 3.63) is 107 Å². The molecule has 3 N–H and O–H groups in total. The van der Waals surface area contributed by atoms with E-state index in [-0.39, 0.29) is 19.0 Å². The van der Waals surface area contributed by atoms with Crippen LogP contribution in [-0.2, 0) is 29.2 Å². The topological polar surface area (TPSA) is 103 Å². The largest absolute Gasteiger partial charge is 0.444 e. The number of alkyl carbamates (subject to hydrolysis) is 1. The van der Waals surface area contributed by atoms with Gasteiger partial charge in [-0.25, -0.2) is 9.59 Å². The van der Waals surface area contributed by atoms with Gasteiger partial charge in [0.25, 0.3) is 0 Å². The minimum Gasteiger partial charge on any atom is -0.444 e. The Morgan fingerprint density at radius 2 is 1.29 bits per heavy atom. The van der Waals surface area contributed by atoms with E-state index in [9.17, 15) is 9.59 Å². The van der Waals surface area contributed by atoms with Gasteiger partial charge < -0.3 is 15.2 Å². The van der Waals surface area contributed by atoms with Crippen LogP contribution in [-0.4, -0.2) is 18.0 Å². The third kappa shape index (κ3) is 7.09. The van der Waals surface area contributed by atoms with Crippen molar-refractivity contribution in [2.75, 3.05) is 0 Å². The predicted octanol–water partition coefficient (Wildman–Crippen LogP) is 4.16. The van der Waals surface area contributed by atoms with Crippen molar-refractivity contribution in [2.45, 2.75) is 19.8 Å². The Hall–Kier alpha value is -3.97. The number of aliphatic imine (C=N–C) groups is 1. The summed E-state index contributed by atoms with van der Waals surface area (Å²) >= 11 is 0. The minimum absolute atomic E-state index is 0.0436. The van der Waals surface area contributed by atoms with Gasteiger partial charge in [-0.1, -0.05) is 84.9 Å². The van der Waals surface area contributed by atoms with Gasteiger partial charge in [0.1, 0.15) is 19.0 Å². The molecule has 3 aromatic rings. The SMILES string of the molecule is NCc1ccc(COC(=O)NC(=NC(=O)OCc2ccccc2)c2ccccc2)cc1. The van der Waals surface area contributed by atoms with Crippen molar-refractivity contribution in [2.24, 2.45) is 10.7 Å². The summed E-state index contributed by atoms with van der Waals surface area (Å²) in [6, 6.07) is 25.5. The van der Waals surface area contributed by atoms with E-state index in [2.05, 4.69) is 10.3 Å². The van der Waals surface area contributed by atoms with Gasteiger partial charge >= 0.3 is 12.2 Å². The van der Waals surface area contributed by atoms with Crippen molar-refractivity contribution in [3.63, 3.8) is 0 Å². The van der Waals surface area contributed by atoms with Crippen LogP contribution in [0.2, 0.25) is 0 Å². The smallest absolute Gasteiger partial charge is 0.435 e. The molecule has 0 aliphatic rings. The standard InChI is InChI=1S/C24H23N3O4/c25-15-18-11-13-20(14-12-18)17-31-24(29)27-22(21-9-5-2-6-10-21)26-23(28)30-16-19-7-3-1-4-8-19/h1-14H,15-17,25H2,(H,26,27,28,29). The number of amidine groups is 1. The third-order valence-electron chi connectivity index (χ3n) is 4.30. The first-order chi connectivity index (χ1) is 15.1. The van der Waals surface area contributed by atoms with E-state index in [4.69, 9.17) is 15.2 Å². The number of amides is 2. The molecule has 7 nitrogen and oxygen atoms in total. The summed E-state index contributed by atoms with van der Waals surface area (Å²) < 4.78 is 10.4. The van der Waals surface area contributed by atoms with E-state index < -0.39 is 12.2 Å². The highest BCUT2D eigenvalue weighted by Crippen LogP contribution is 2.07. The number of carbonyl (C=O) groups excluding carboxylic acids is 2. The summed E-state index contributed by atoms with van der Waals surface area (Å²) in [4.78, 5) is 28.4. The number of carbonyl (C=O) groups is 2. The molecule has 0 aliphatic heterocycles. The molecule has 0 bridgehead atoms. The molecule has 3 aromatic carbocycles. The zero-order valence-electron chi connectivity index (χ0n) is 16.9. The Morgan fingerprint density at radius 1 is 0.742 bits per heavy atom. The summed E-state index contributed by atoms with van der Waals surface area (Å²) in [6.45, 7) is 0.588. The Balaban J connectivity index is 1.63. The van der Waals surface area contributed by atoms with E-state index in [1.807, 2.05) is 60.7 Å². The van der Waals surface area contributed by atoms with E-state index in [0.717, 1.165) is 16.7 Å². The number of nitrogens with zero attached hydrogens (tertiary/aromatic N) is 1. The van der Waals surface area contributed by atoms with E-state index in [0.29, 0.717) is 12.1 Å². The predicted molar refractivity (Wildman–Crippen MR) is 117 cm³/mol. The van der Waals surface area contributed by atoms with Crippen LogP contribution >= 0.6 is 0 Å². The van der Waals surface area contributed by atoms with Crippen LogP contribution in [0.15, 0.2) is 89.9 Å².